The van der Waals surface area contributed by atoms with Gasteiger partial charge in [0.1, 0.15) is 0 Å². The normalized spacial score (nSPS) is 24.9. The molecule has 1 fully saturated rings. The fraction of sp³-hybridized carbons (Fsp3) is 0.600. The molecule has 1 aromatic carbocycles. The van der Waals surface area contributed by atoms with Crippen LogP contribution in [0, 0.1) is 0 Å². The molecule has 0 aliphatic carbocycles. The van der Waals surface area contributed by atoms with E-state index < -0.39 is 0 Å². The van der Waals surface area contributed by atoms with Gasteiger partial charge in [0.05, 0.1) is 0 Å². The van der Waals surface area contributed by atoms with Gasteiger partial charge in [-0.25, -0.2) is 0 Å². The van der Waals surface area contributed by atoms with Crippen LogP contribution in [0.3, 0.4) is 0 Å². The zero-order valence-corrected chi connectivity index (χ0v) is 10.7. The Hall–Kier alpha value is -0.860. The molecule has 1 saturated heterocycles. The van der Waals surface area contributed by atoms with Gasteiger partial charge >= 0.3 is 0 Å². The second kappa shape index (κ2) is 4.79. The number of likely N-dealkylation sites (N-methyl/N-ethyl adjacent to an activating group) is 1. The molecular weight excluding hydrogens is 208 g/mol. The lowest BCUT2D eigenvalue weighted by Gasteiger charge is -2.25. The average molecular weight is 230 g/mol. The van der Waals surface area contributed by atoms with Crippen LogP contribution < -0.4 is 5.32 Å². The molecule has 2 heterocycles. The van der Waals surface area contributed by atoms with E-state index in [0.717, 1.165) is 12.6 Å². The molecule has 1 unspecified atom stereocenters. The van der Waals surface area contributed by atoms with Crippen molar-refractivity contribution in [1.29, 1.82) is 0 Å². The maximum Gasteiger partial charge on any atom is 0.0233 e. The zero-order chi connectivity index (χ0) is 11.7. The molecule has 2 aliphatic rings. The van der Waals surface area contributed by atoms with Gasteiger partial charge in [-0.3, -0.25) is 0 Å². The summed E-state index contributed by atoms with van der Waals surface area (Å²) in [6.07, 6.45) is 5.13. The third kappa shape index (κ3) is 2.53. The maximum absolute atomic E-state index is 3.58. The van der Waals surface area contributed by atoms with E-state index in [2.05, 4.69) is 35.5 Å². The van der Waals surface area contributed by atoms with Crippen molar-refractivity contribution in [1.82, 2.24) is 10.2 Å². The van der Waals surface area contributed by atoms with Gasteiger partial charge in [-0.1, -0.05) is 18.2 Å². The van der Waals surface area contributed by atoms with Crippen LogP contribution in [0.1, 0.15) is 29.5 Å². The lowest BCUT2D eigenvalue weighted by atomic mass is 9.95. The van der Waals surface area contributed by atoms with E-state index in [-0.39, 0.29) is 0 Å². The Kier molecular flexibility index (Phi) is 3.17. The third-order valence-corrected chi connectivity index (χ3v) is 4.12. The highest BCUT2D eigenvalue weighted by Gasteiger charge is 2.17. The average Bonchev–Trinajstić information content (AvgIpc) is 2.82. The van der Waals surface area contributed by atoms with Crippen molar-refractivity contribution in [2.75, 3.05) is 20.1 Å². The molecule has 0 radical (unpaired) electrons. The van der Waals surface area contributed by atoms with Gasteiger partial charge in [-0.15, -0.1) is 0 Å². The van der Waals surface area contributed by atoms with E-state index in [9.17, 15) is 0 Å². The van der Waals surface area contributed by atoms with Gasteiger partial charge in [-0.05, 0) is 56.0 Å². The number of fused-ring (bicyclic) bond motifs is 1. The number of rotatable bonds is 2. The van der Waals surface area contributed by atoms with Crippen molar-refractivity contribution < 1.29 is 0 Å². The summed E-state index contributed by atoms with van der Waals surface area (Å²) in [5.74, 6) is 0. The van der Waals surface area contributed by atoms with Gasteiger partial charge in [0.2, 0.25) is 0 Å². The van der Waals surface area contributed by atoms with Crippen LogP contribution in [-0.2, 0) is 19.4 Å². The van der Waals surface area contributed by atoms with Gasteiger partial charge < -0.3 is 10.2 Å². The molecule has 1 atom stereocenters. The van der Waals surface area contributed by atoms with Crippen LogP contribution in [0.4, 0.5) is 0 Å². The highest BCUT2D eigenvalue weighted by molar-refractivity contribution is 5.34. The van der Waals surface area contributed by atoms with Crippen LogP contribution in [0.25, 0.3) is 0 Å². The highest BCUT2D eigenvalue weighted by Crippen LogP contribution is 2.21. The largest absolute Gasteiger partial charge is 0.314 e. The first-order valence-electron chi connectivity index (χ1n) is 6.84. The number of hydrogen-bond acceptors (Lipinski definition) is 2. The standard InChI is InChI=1S/C15H22N2/c1-17-8-6-13-9-12(4-5-14(13)11-17)10-15-3-2-7-16-15/h4-5,9,15-16H,2-3,6-8,10-11H2,1H3. The maximum atomic E-state index is 3.58. The molecule has 2 aliphatic heterocycles. The van der Waals surface area contributed by atoms with Gasteiger partial charge in [0.25, 0.3) is 0 Å². The minimum atomic E-state index is 0.722. The summed E-state index contributed by atoms with van der Waals surface area (Å²) in [6, 6.07) is 7.84. The Morgan fingerprint density at radius 3 is 3.12 bits per heavy atom. The summed E-state index contributed by atoms with van der Waals surface area (Å²) in [6.45, 7) is 3.54. The Morgan fingerprint density at radius 2 is 2.29 bits per heavy atom. The molecule has 1 N–H and O–H groups in total. The Labute approximate surface area is 104 Å². The van der Waals surface area contributed by atoms with Crippen molar-refractivity contribution in [3.63, 3.8) is 0 Å². The van der Waals surface area contributed by atoms with Crippen molar-refractivity contribution in [3.8, 4) is 0 Å². The summed E-state index contributed by atoms with van der Waals surface area (Å²) in [5.41, 5.74) is 4.63. The van der Waals surface area contributed by atoms with Crippen LogP contribution >= 0.6 is 0 Å². The Balaban J connectivity index is 1.74. The van der Waals surface area contributed by atoms with Crippen LogP contribution in [0.5, 0.6) is 0 Å². The molecule has 0 spiro atoms. The fourth-order valence-electron chi connectivity index (χ4n) is 3.09. The summed E-state index contributed by atoms with van der Waals surface area (Å²) in [7, 11) is 2.21. The predicted molar refractivity (Wildman–Crippen MR) is 71.2 cm³/mol. The minimum absolute atomic E-state index is 0.722. The minimum Gasteiger partial charge on any atom is -0.314 e. The number of benzene rings is 1. The SMILES string of the molecule is CN1CCc2cc(CC3CCCN3)ccc2C1. The molecule has 0 aromatic heterocycles. The van der Waals surface area contributed by atoms with Crippen LogP contribution in [0.15, 0.2) is 18.2 Å². The monoisotopic (exact) mass is 230 g/mol. The van der Waals surface area contributed by atoms with E-state index in [0.29, 0.717) is 0 Å². The van der Waals surface area contributed by atoms with Gasteiger partial charge in [0.15, 0.2) is 0 Å². The molecule has 3 rings (SSSR count). The van der Waals surface area contributed by atoms with E-state index in [1.165, 1.54) is 49.9 Å². The van der Waals surface area contributed by atoms with E-state index in [1.807, 2.05) is 0 Å². The molecular formula is C15H22N2. The summed E-state index contributed by atoms with van der Waals surface area (Å²) < 4.78 is 0. The highest BCUT2D eigenvalue weighted by atomic mass is 15.1. The quantitative estimate of drug-likeness (QED) is 0.835. The molecule has 17 heavy (non-hydrogen) atoms. The summed E-state index contributed by atoms with van der Waals surface area (Å²) in [4.78, 5) is 2.40. The topological polar surface area (TPSA) is 15.3 Å². The van der Waals surface area contributed by atoms with Crippen molar-refractivity contribution in [2.24, 2.45) is 0 Å². The molecule has 0 bridgehead atoms. The third-order valence-electron chi connectivity index (χ3n) is 4.12. The van der Waals surface area contributed by atoms with Crippen LogP contribution in [0.2, 0.25) is 0 Å². The molecule has 1 aromatic rings. The molecule has 0 saturated carbocycles. The lowest BCUT2D eigenvalue weighted by molar-refractivity contribution is 0.313. The van der Waals surface area contributed by atoms with Crippen molar-refractivity contribution in [3.05, 3.63) is 34.9 Å². The summed E-state index contributed by atoms with van der Waals surface area (Å²) in [5, 5.41) is 3.58. The number of nitrogens with zero attached hydrogens (tertiary/aromatic N) is 1. The second-order valence-electron chi connectivity index (χ2n) is 5.59. The number of hydrogen-bond donors (Lipinski definition) is 1. The fourth-order valence-corrected chi connectivity index (χ4v) is 3.09. The summed E-state index contributed by atoms with van der Waals surface area (Å²) >= 11 is 0. The molecule has 92 valence electrons. The Bertz CT molecular complexity index is 394. The molecule has 2 nitrogen and oxygen atoms in total. The first-order chi connectivity index (χ1) is 8.31. The zero-order valence-electron chi connectivity index (χ0n) is 10.7. The Morgan fingerprint density at radius 1 is 1.35 bits per heavy atom. The van der Waals surface area contributed by atoms with Crippen molar-refractivity contribution >= 4 is 0 Å². The van der Waals surface area contributed by atoms with Crippen LogP contribution in [-0.4, -0.2) is 31.1 Å². The number of nitrogens with one attached hydrogen (secondary N) is 1. The first-order valence-corrected chi connectivity index (χ1v) is 6.84. The van der Waals surface area contributed by atoms with Crippen molar-refractivity contribution in [2.45, 2.75) is 38.3 Å². The van der Waals surface area contributed by atoms with E-state index in [1.54, 1.807) is 5.56 Å². The predicted octanol–water partition coefficient (Wildman–Crippen LogP) is 1.97. The van der Waals surface area contributed by atoms with Gasteiger partial charge in [0, 0.05) is 19.1 Å². The van der Waals surface area contributed by atoms with Gasteiger partial charge in [-0.2, -0.15) is 0 Å². The van der Waals surface area contributed by atoms with E-state index in [4.69, 9.17) is 0 Å². The molecule has 2 heteroatoms. The first kappa shape index (κ1) is 11.2. The molecule has 0 amide bonds. The van der Waals surface area contributed by atoms with E-state index >= 15 is 0 Å². The lowest BCUT2D eigenvalue weighted by Crippen LogP contribution is -2.27. The smallest absolute Gasteiger partial charge is 0.0233 e. The second-order valence-corrected chi connectivity index (χ2v) is 5.59.